The zero-order chi connectivity index (χ0) is 12.4. The van der Waals surface area contributed by atoms with Gasteiger partial charge in [-0.25, -0.2) is 4.39 Å². The number of hydrogen-bond donors (Lipinski definition) is 0. The number of Topliss-reactive ketones (excluding diaryl/α,β-unsaturated/α-hetero) is 1. The van der Waals surface area contributed by atoms with E-state index in [1.54, 1.807) is 12.1 Å². The molecule has 5 heteroatoms. The lowest BCUT2D eigenvalue weighted by Crippen LogP contribution is -2.03. The smallest absolute Gasteiger partial charge is 0.177 e. The van der Waals surface area contributed by atoms with Gasteiger partial charge in [-0.05, 0) is 35.9 Å². The highest BCUT2D eigenvalue weighted by Gasteiger charge is 2.12. The lowest BCUT2D eigenvalue weighted by Gasteiger charge is -2.02. The summed E-state index contributed by atoms with van der Waals surface area (Å²) >= 11 is 12.7. The van der Waals surface area contributed by atoms with Crippen molar-refractivity contribution in [3.63, 3.8) is 0 Å². The molecule has 2 rings (SSSR count). The van der Waals surface area contributed by atoms with Crippen molar-refractivity contribution in [2.24, 2.45) is 0 Å². The molecular weight excluding hydrogens is 282 g/mol. The van der Waals surface area contributed by atoms with Gasteiger partial charge in [-0.15, -0.1) is 11.3 Å². The zero-order valence-electron chi connectivity index (χ0n) is 8.54. The Hall–Kier alpha value is -0.900. The number of thiophene rings is 1. The van der Waals surface area contributed by atoms with E-state index in [2.05, 4.69) is 0 Å². The molecule has 0 aliphatic heterocycles. The minimum atomic E-state index is -0.426. The van der Waals surface area contributed by atoms with Crippen molar-refractivity contribution >= 4 is 40.3 Å². The lowest BCUT2D eigenvalue weighted by molar-refractivity contribution is 0.0995. The van der Waals surface area contributed by atoms with Crippen molar-refractivity contribution in [2.75, 3.05) is 0 Å². The molecule has 0 unspecified atom stereocenters. The number of carbonyl (C=O) groups is 1. The van der Waals surface area contributed by atoms with E-state index in [1.165, 1.54) is 29.5 Å². The van der Waals surface area contributed by atoms with Crippen LogP contribution in [-0.4, -0.2) is 5.78 Å². The number of benzene rings is 1. The molecule has 0 radical (unpaired) electrons. The highest BCUT2D eigenvalue weighted by molar-refractivity contribution is 7.18. The largest absolute Gasteiger partial charge is 0.293 e. The third kappa shape index (κ3) is 3.06. The number of ketones is 1. The first-order valence-electron chi connectivity index (χ1n) is 4.79. The number of halogens is 3. The summed E-state index contributed by atoms with van der Waals surface area (Å²) in [5.41, 5.74) is 0.298. The topological polar surface area (TPSA) is 17.1 Å². The Morgan fingerprint density at radius 1 is 1.24 bits per heavy atom. The molecule has 0 aliphatic rings. The summed E-state index contributed by atoms with van der Waals surface area (Å²) in [5.74, 6) is -0.589. The Morgan fingerprint density at radius 3 is 2.65 bits per heavy atom. The first-order chi connectivity index (χ1) is 8.06. The van der Waals surface area contributed by atoms with E-state index in [9.17, 15) is 9.18 Å². The monoisotopic (exact) mass is 288 g/mol. The number of carbonyl (C=O) groups excluding carboxylic acids is 1. The Morgan fingerprint density at radius 2 is 2.00 bits per heavy atom. The third-order valence-corrected chi connectivity index (χ3v) is 3.71. The maximum absolute atomic E-state index is 13.4. The fraction of sp³-hybridized carbons (Fsp3) is 0.0833. The lowest BCUT2D eigenvalue weighted by atomic mass is 10.1. The van der Waals surface area contributed by atoms with E-state index in [-0.39, 0.29) is 12.2 Å². The molecule has 2 aromatic rings. The van der Waals surface area contributed by atoms with Crippen molar-refractivity contribution in [1.82, 2.24) is 0 Å². The zero-order valence-corrected chi connectivity index (χ0v) is 10.9. The van der Waals surface area contributed by atoms with E-state index in [0.717, 1.165) is 0 Å². The molecule has 1 nitrogen and oxygen atoms in total. The van der Waals surface area contributed by atoms with Crippen LogP contribution < -0.4 is 0 Å². The van der Waals surface area contributed by atoms with Gasteiger partial charge in [-0.1, -0.05) is 23.2 Å². The van der Waals surface area contributed by atoms with Crippen LogP contribution in [0.15, 0.2) is 30.3 Å². The first kappa shape index (κ1) is 12.6. The molecular formula is C12H7Cl2FOS. The quantitative estimate of drug-likeness (QED) is 0.753. The van der Waals surface area contributed by atoms with E-state index in [0.29, 0.717) is 19.8 Å². The second-order valence-corrected chi connectivity index (χ2v) is 5.59. The van der Waals surface area contributed by atoms with Crippen LogP contribution in [0.1, 0.15) is 15.2 Å². The van der Waals surface area contributed by atoms with Gasteiger partial charge < -0.3 is 0 Å². The summed E-state index contributed by atoms with van der Waals surface area (Å²) in [6.07, 6.45) is -0.0107. The molecule has 0 saturated carbocycles. The van der Waals surface area contributed by atoms with Crippen LogP contribution in [0.2, 0.25) is 9.36 Å². The summed E-state index contributed by atoms with van der Waals surface area (Å²) < 4.78 is 14.0. The summed E-state index contributed by atoms with van der Waals surface area (Å²) in [7, 11) is 0. The van der Waals surface area contributed by atoms with Gasteiger partial charge in [-0.3, -0.25) is 4.79 Å². The molecule has 1 heterocycles. The van der Waals surface area contributed by atoms with Crippen molar-refractivity contribution in [2.45, 2.75) is 6.42 Å². The minimum absolute atomic E-state index is 0.0107. The minimum Gasteiger partial charge on any atom is -0.293 e. The number of hydrogen-bond acceptors (Lipinski definition) is 2. The van der Waals surface area contributed by atoms with Crippen LogP contribution in [-0.2, 0) is 6.42 Å². The molecule has 0 fully saturated rings. The van der Waals surface area contributed by atoms with Crippen LogP contribution in [0.3, 0.4) is 0 Å². The number of rotatable bonds is 3. The van der Waals surface area contributed by atoms with Crippen molar-refractivity contribution in [3.8, 4) is 0 Å². The maximum atomic E-state index is 13.4. The Kier molecular flexibility index (Phi) is 3.82. The molecule has 0 N–H and O–H groups in total. The van der Waals surface area contributed by atoms with Crippen molar-refractivity contribution < 1.29 is 9.18 Å². The van der Waals surface area contributed by atoms with Gasteiger partial charge in [0.2, 0.25) is 0 Å². The predicted molar refractivity (Wildman–Crippen MR) is 68.8 cm³/mol. The molecule has 0 aliphatic carbocycles. The van der Waals surface area contributed by atoms with E-state index in [4.69, 9.17) is 23.2 Å². The molecule has 0 saturated heterocycles. The van der Waals surface area contributed by atoms with Gasteiger partial charge in [0, 0.05) is 11.4 Å². The Bertz CT molecular complexity index is 565. The molecule has 0 atom stereocenters. The van der Waals surface area contributed by atoms with Crippen molar-refractivity contribution in [3.05, 3.63) is 55.9 Å². The van der Waals surface area contributed by atoms with Gasteiger partial charge >= 0.3 is 0 Å². The third-order valence-electron chi connectivity index (χ3n) is 2.21. The van der Waals surface area contributed by atoms with E-state index < -0.39 is 5.82 Å². The molecule has 0 spiro atoms. The Labute approximate surface area is 112 Å². The average Bonchev–Trinajstić information content (AvgIpc) is 2.70. The summed E-state index contributed by atoms with van der Waals surface area (Å²) in [6.45, 7) is 0. The van der Waals surface area contributed by atoms with Crippen LogP contribution in [0, 0.1) is 5.82 Å². The molecule has 1 aromatic heterocycles. The fourth-order valence-electron chi connectivity index (χ4n) is 1.40. The Balaban J connectivity index is 2.21. The van der Waals surface area contributed by atoms with Gasteiger partial charge in [0.15, 0.2) is 5.78 Å². The molecule has 88 valence electrons. The highest BCUT2D eigenvalue weighted by atomic mass is 35.5. The van der Waals surface area contributed by atoms with E-state index >= 15 is 0 Å². The van der Waals surface area contributed by atoms with Gasteiger partial charge in [-0.2, -0.15) is 0 Å². The van der Waals surface area contributed by atoms with Crippen LogP contribution in [0.4, 0.5) is 4.39 Å². The molecule has 0 amide bonds. The second-order valence-electron chi connectivity index (χ2n) is 3.44. The normalized spacial score (nSPS) is 10.5. The highest BCUT2D eigenvalue weighted by Crippen LogP contribution is 2.24. The standard InChI is InChI=1S/C12H7Cl2FOS/c13-8-1-2-9(15)7(5-8)6-10(16)11-3-4-12(14)17-11/h1-5H,6H2. The summed E-state index contributed by atoms with van der Waals surface area (Å²) in [4.78, 5) is 12.4. The van der Waals surface area contributed by atoms with Crippen LogP contribution in [0.5, 0.6) is 0 Å². The predicted octanol–water partition coefficient (Wildman–Crippen LogP) is 4.62. The first-order valence-corrected chi connectivity index (χ1v) is 6.36. The second kappa shape index (κ2) is 5.17. The SMILES string of the molecule is O=C(Cc1cc(Cl)ccc1F)c1ccc(Cl)s1. The molecule has 1 aromatic carbocycles. The maximum Gasteiger partial charge on any atom is 0.177 e. The van der Waals surface area contributed by atoms with Gasteiger partial charge in [0.1, 0.15) is 5.82 Å². The van der Waals surface area contributed by atoms with Crippen LogP contribution >= 0.6 is 34.5 Å². The van der Waals surface area contributed by atoms with Crippen LogP contribution in [0.25, 0.3) is 0 Å². The summed E-state index contributed by atoms with van der Waals surface area (Å²) in [5, 5.41) is 0.415. The molecule has 17 heavy (non-hydrogen) atoms. The van der Waals surface area contributed by atoms with E-state index in [1.807, 2.05) is 0 Å². The molecule has 0 bridgehead atoms. The van der Waals surface area contributed by atoms with Gasteiger partial charge in [0.25, 0.3) is 0 Å². The summed E-state index contributed by atoms with van der Waals surface area (Å²) in [6, 6.07) is 7.45. The fourth-order valence-corrected chi connectivity index (χ4v) is 2.58. The van der Waals surface area contributed by atoms with Gasteiger partial charge in [0.05, 0.1) is 9.21 Å². The average molecular weight is 289 g/mol. The van der Waals surface area contributed by atoms with Crippen molar-refractivity contribution in [1.29, 1.82) is 0 Å².